The van der Waals surface area contributed by atoms with Crippen LogP contribution in [0.2, 0.25) is 0 Å². The number of hydrogen-bond donors (Lipinski definition) is 1. The number of oxazole rings is 1. The average molecular weight is 323 g/mol. The Hall–Kier alpha value is -3.48. The molecule has 0 fully saturated rings. The molecular weight excluding hydrogens is 310 g/mol. The third-order valence-electron chi connectivity index (χ3n) is 3.47. The van der Waals surface area contributed by atoms with Gasteiger partial charge in [0.2, 0.25) is 5.89 Å². The third-order valence-corrected chi connectivity index (χ3v) is 3.47. The standard InChI is InChI=1S/C17H13N3O4/c1-11-8-13(20(22)23)6-7-14(11)18-9-12(10-21)17-19-15-4-2-3-5-16(15)24-17/h2-10,18H,1H3/b12-9+. The van der Waals surface area contributed by atoms with Crippen molar-refractivity contribution in [2.75, 3.05) is 5.32 Å². The predicted molar refractivity (Wildman–Crippen MR) is 89.5 cm³/mol. The molecule has 24 heavy (non-hydrogen) atoms. The number of aldehydes is 1. The smallest absolute Gasteiger partial charge is 0.269 e. The Labute approximate surface area is 136 Å². The first-order valence-corrected chi connectivity index (χ1v) is 7.11. The second kappa shape index (κ2) is 6.33. The molecule has 1 heterocycles. The summed E-state index contributed by atoms with van der Waals surface area (Å²) < 4.78 is 5.55. The van der Waals surface area contributed by atoms with Crippen LogP contribution in [0.4, 0.5) is 11.4 Å². The molecule has 0 amide bonds. The molecule has 0 saturated heterocycles. The Morgan fingerprint density at radius 1 is 1.29 bits per heavy atom. The summed E-state index contributed by atoms with van der Waals surface area (Å²) >= 11 is 0. The molecule has 3 rings (SSSR count). The van der Waals surface area contributed by atoms with E-state index < -0.39 is 4.92 Å². The zero-order valence-electron chi connectivity index (χ0n) is 12.7. The monoisotopic (exact) mass is 323 g/mol. The number of nitrogens with one attached hydrogen (secondary N) is 1. The molecule has 0 aliphatic heterocycles. The van der Waals surface area contributed by atoms with Gasteiger partial charge in [-0.3, -0.25) is 14.9 Å². The van der Waals surface area contributed by atoms with Crippen LogP contribution >= 0.6 is 0 Å². The molecule has 2 aromatic carbocycles. The minimum absolute atomic E-state index is 0.0107. The number of nitrogens with zero attached hydrogens (tertiary/aromatic N) is 2. The van der Waals surface area contributed by atoms with Gasteiger partial charge in [0.05, 0.1) is 10.5 Å². The summed E-state index contributed by atoms with van der Waals surface area (Å²) in [5, 5.41) is 13.7. The van der Waals surface area contributed by atoms with E-state index in [1.165, 1.54) is 18.3 Å². The van der Waals surface area contributed by atoms with Crippen LogP contribution < -0.4 is 5.32 Å². The summed E-state index contributed by atoms with van der Waals surface area (Å²) in [4.78, 5) is 25.9. The van der Waals surface area contributed by atoms with E-state index in [-0.39, 0.29) is 17.2 Å². The van der Waals surface area contributed by atoms with Crippen molar-refractivity contribution in [2.24, 2.45) is 0 Å². The first kappa shape index (κ1) is 15.4. The number of benzene rings is 2. The van der Waals surface area contributed by atoms with E-state index in [0.717, 1.165) is 0 Å². The van der Waals surface area contributed by atoms with E-state index >= 15 is 0 Å². The van der Waals surface area contributed by atoms with Crippen LogP contribution in [0.15, 0.2) is 53.1 Å². The van der Waals surface area contributed by atoms with E-state index in [1.807, 2.05) is 12.1 Å². The zero-order valence-corrected chi connectivity index (χ0v) is 12.7. The second-order valence-corrected chi connectivity index (χ2v) is 5.10. The van der Waals surface area contributed by atoms with E-state index in [2.05, 4.69) is 10.3 Å². The number of allylic oxidation sites excluding steroid dienone is 1. The fourth-order valence-corrected chi connectivity index (χ4v) is 2.22. The number of non-ortho nitro benzene ring substituents is 1. The molecule has 7 heteroatoms. The summed E-state index contributed by atoms with van der Waals surface area (Å²) in [7, 11) is 0. The van der Waals surface area contributed by atoms with Crippen LogP contribution in [-0.4, -0.2) is 16.2 Å². The molecule has 0 saturated carbocycles. The Morgan fingerprint density at radius 3 is 2.75 bits per heavy atom. The number of hydrogen-bond acceptors (Lipinski definition) is 6. The van der Waals surface area contributed by atoms with Gasteiger partial charge in [0.25, 0.3) is 5.69 Å². The molecule has 0 aliphatic rings. The molecule has 1 N–H and O–H groups in total. The number of rotatable bonds is 5. The highest BCUT2D eigenvalue weighted by Gasteiger charge is 2.11. The summed E-state index contributed by atoms with van der Waals surface area (Å²) in [5.74, 6) is 0.207. The number of anilines is 1. The molecular formula is C17H13N3O4. The van der Waals surface area contributed by atoms with E-state index in [1.54, 1.807) is 25.1 Å². The van der Waals surface area contributed by atoms with Gasteiger partial charge in [0.15, 0.2) is 11.9 Å². The molecule has 0 radical (unpaired) electrons. The number of aromatic nitrogens is 1. The van der Waals surface area contributed by atoms with Gasteiger partial charge < -0.3 is 9.73 Å². The van der Waals surface area contributed by atoms with Gasteiger partial charge in [-0.25, -0.2) is 4.98 Å². The molecule has 3 aromatic rings. The average Bonchev–Trinajstić information content (AvgIpc) is 3.00. The normalized spacial score (nSPS) is 11.5. The summed E-state index contributed by atoms with van der Waals surface area (Å²) in [5.41, 5.74) is 2.83. The molecule has 7 nitrogen and oxygen atoms in total. The number of nitro benzene ring substituents is 1. The van der Waals surface area contributed by atoms with Crippen LogP contribution in [0.1, 0.15) is 11.5 Å². The van der Waals surface area contributed by atoms with Crippen LogP contribution in [0, 0.1) is 17.0 Å². The van der Waals surface area contributed by atoms with E-state index in [4.69, 9.17) is 4.42 Å². The van der Waals surface area contributed by atoms with Gasteiger partial charge in [0, 0.05) is 24.0 Å². The van der Waals surface area contributed by atoms with Crippen molar-refractivity contribution in [3.05, 3.63) is 70.2 Å². The van der Waals surface area contributed by atoms with E-state index in [9.17, 15) is 14.9 Å². The van der Waals surface area contributed by atoms with Crippen molar-refractivity contribution in [1.29, 1.82) is 0 Å². The highest BCUT2D eigenvalue weighted by molar-refractivity contribution is 6.06. The van der Waals surface area contributed by atoms with Crippen molar-refractivity contribution < 1.29 is 14.1 Å². The minimum atomic E-state index is -0.457. The maximum absolute atomic E-state index is 11.3. The first-order valence-electron chi connectivity index (χ1n) is 7.11. The lowest BCUT2D eigenvalue weighted by Crippen LogP contribution is -1.96. The number of aryl methyl sites for hydroxylation is 1. The topological polar surface area (TPSA) is 98.3 Å². The van der Waals surface area contributed by atoms with Crippen molar-refractivity contribution >= 4 is 34.3 Å². The summed E-state index contributed by atoms with van der Waals surface area (Å²) in [6.07, 6.45) is 2.10. The largest absolute Gasteiger partial charge is 0.436 e. The van der Waals surface area contributed by atoms with Crippen molar-refractivity contribution in [2.45, 2.75) is 6.92 Å². The molecule has 0 spiro atoms. The van der Waals surface area contributed by atoms with Gasteiger partial charge in [-0.2, -0.15) is 0 Å². The minimum Gasteiger partial charge on any atom is -0.436 e. The highest BCUT2D eigenvalue weighted by atomic mass is 16.6. The SMILES string of the molecule is Cc1cc([N+](=O)[O-])ccc1N/C=C(\C=O)c1nc2ccccc2o1. The van der Waals surface area contributed by atoms with Crippen molar-refractivity contribution in [3.8, 4) is 0 Å². The van der Waals surface area contributed by atoms with Gasteiger partial charge in [0.1, 0.15) is 5.52 Å². The molecule has 1 aromatic heterocycles. The first-order chi connectivity index (χ1) is 11.6. The van der Waals surface area contributed by atoms with Gasteiger partial charge in [-0.1, -0.05) is 12.1 Å². The van der Waals surface area contributed by atoms with Crippen LogP contribution in [0.25, 0.3) is 16.7 Å². The maximum atomic E-state index is 11.3. The number of fused-ring (bicyclic) bond motifs is 1. The highest BCUT2D eigenvalue weighted by Crippen LogP contribution is 2.23. The molecule has 120 valence electrons. The van der Waals surface area contributed by atoms with Crippen LogP contribution in [0.5, 0.6) is 0 Å². The zero-order chi connectivity index (χ0) is 17.1. The van der Waals surface area contributed by atoms with Crippen molar-refractivity contribution in [1.82, 2.24) is 4.98 Å². The Balaban J connectivity index is 1.88. The fraction of sp³-hybridized carbons (Fsp3) is 0.0588. The van der Waals surface area contributed by atoms with Gasteiger partial charge in [-0.05, 0) is 30.7 Å². The lowest BCUT2D eigenvalue weighted by molar-refractivity contribution is -0.384. The number of para-hydroxylation sites is 2. The number of carbonyl (C=O) groups is 1. The quantitative estimate of drug-likeness (QED) is 0.333. The summed E-state index contributed by atoms with van der Waals surface area (Å²) in [6.45, 7) is 1.74. The van der Waals surface area contributed by atoms with E-state index in [0.29, 0.717) is 28.6 Å². The predicted octanol–water partition coefficient (Wildman–Crippen LogP) is 3.70. The Morgan fingerprint density at radius 2 is 2.08 bits per heavy atom. The van der Waals surface area contributed by atoms with Gasteiger partial charge in [-0.15, -0.1) is 0 Å². The lowest BCUT2D eigenvalue weighted by atomic mass is 10.2. The molecule has 0 atom stereocenters. The Kier molecular flexibility index (Phi) is 4.07. The number of carbonyl (C=O) groups excluding carboxylic acids is 1. The fourth-order valence-electron chi connectivity index (χ4n) is 2.22. The molecule has 0 aliphatic carbocycles. The van der Waals surface area contributed by atoms with Crippen molar-refractivity contribution in [3.63, 3.8) is 0 Å². The number of nitro groups is 1. The third kappa shape index (κ3) is 3.00. The lowest BCUT2D eigenvalue weighted by Gasteiger charge is -2.05. The summed E-state index contributed by atoms with van der Waals surface area (Å²) in [6, 6.07) is 11.6. The van der Waals surface area contributed by atoms with Gasteiger partial charge >= 0.3 is 0 Å². The van der Waals surface area contributed by atoms with Crippen LogP contribution in [0.3, 0.4) is 0 Å². The molecule has 0 unspecified atom stereocenters. The maximum Gasteiger partial charge on any atom is 0.269 e. The Bertz CT molecular complexity index is 926. The second-order valence-electron chi connectivity index (χ2n) is 5.10. The van der Waals surface area contributed by atoms with Crippen LogP contribution in [-0.2, 0) is 4.79 Å². The molecule has 0 bridgehead atoms.